The van der Waals surface area contributed by atoms with Gasteiger partial charge in [-0.1, -0.05) is 60.7 Å². The predicted molar refractivity (Wildman–Crippen MR) is 102 cm³/mol. The van der Waals surface area contributed by atoms with Crippen molar-refractivity contribution in [2.45, 2.75) is 18.6 Å². The van der Waals surface area contributed by atoms with E-state index in [1.165, 1.54) is 16.0 Å². The molecule has 2 nitrogen and oxygen atoms in total. The zero-order chi connectivity index (χ0) is 16.7. The van der Waals surface area contributed by atoms with Crippen LogP contribution < -0.4 is 0 Å². The van der Waals surface area contributed by atoms with Crippen molar-refractivity contribution in [1.29, 1.82) is 0 Å². The first kappa shape index (κ1) is 17.4. The number of aldehydes is 1. The molecule has 0 radical (unpaired) electrons. The molecule has 0 saturated carbocycles. The van der Waals surface area contributed by atoms with Crippen LogP contribution in [0, 0.1) is 0 Å². The van der Waals surface area contributed by atoms with Crippen LogP contribution in [0.1, 0.15) is 13.8 Å². The fourth-order valence-electron chi connectivity index (χ4n) is 1.84. The smallest absolute Gasteiger partial charge is 0.135 e. The molecular formula is C19H19NOS2. The Morgan fingerprint density at radius 1 is 0.957 bits per heavy atom. The lowest BCUT2D eigenvalue weighted by atomic mass is 10.1. The van der Waals surface area contributed by atoms with Crippen molar-refractivity contribution in [2.24, 2.45) is 0 Å². The van der Waals surface area contributed by atoms with E-state index in [4.69, 9.17) is 0 Å². The van der Waals surface area contributed by atoms with Crippen molar-refractivity contribution in [2.75, 3.05) is 0 Å². The maximum Gasteiger partial charge on any atom is 0.135 e. The summed E-state index contributed by atoms with van der Waals surface area (Å²) in [6, 6.07) is 20.7. The molecule has 0 aliphatic heterocycles. The van der Waals surface area contributed by atoms with Gasteiger partial charge >= 0.3 is 0 Å². The summed E-state index contributed by atoms with van der Waals surface area (Å²) in [5, 5.41) is 0. The number of carbonyl (C=O) groups is 1. The average Bonchev–Trinajstić information content (AvgIpc) is 3.06. The Kier molecular flexibility index (Phi) is 6.13. The van der Waals surface area contributed by atoms with Crippen LogP contribution in [-0.2, 0) is 4.79 Å². The Labute approximate surface area is 146 Å². The van der Waals surface area contributed by atoms with E-state index in [9.17, 15) is 4.79 Å². The summed E-state index contributed by atoms with van der Waals surface area (Å²) in [7, 11) is 0. The Balaban J connectivity index is 0.000000277. The normalized spacial score (nSPS) is 10.6. The van der Waals surface area contributed by atoms with Crippen molar-refractivity contribution in [3.63, 3.8) is 0 Å². The molecule has 0 spiro atoms. The van der Waals surface area contributed by atoms with Gasteiger partial charge in [0.15, 0.2) is 0 Å². The van der Waals surface area contributed by atoms with E-state index in [1.807, 2.05) is 29.8 Å². The lowest BCUT2D eigenvalue weighted by Gasteiger charge is -2.02. The van der Waals surface area contributed by atoms with Crippen molar-refractivity contribution >= 4 is 30.3 Å². The summed E-state index contributed by atoms with van der Waals surface area (Å²) >= 11 is 5.57. The van der Waals surface area contributed by atoms with Crippen LogP contribution in [-0.4, -0.2) is 16.0 Å². The molecule has 0 bridgehead atoms. The standard InChI is InChI=1S/C15H11NS.C4H8OS/c1-3-7-12(8-4-1)14-15(17-11-16-14)13-9-5-2-6-10-13;1-4(2,6)3-5/h1-11H;3,6H,1-2H3. The number of thiazole rings is 1. The van der Waals surface area contributed by atoms with E-state index < -0.39 is 4.75 Å². The number of thiol groups is 1. The van der Waals surface area contributed by atoms with Gasteiger partial charge in [0.25, 0.3) is 0 Å². The van der Waals surface area contributed by atoms with Gasteiger partial charge in [0, 0.05) is 5.56 Å². The van der Waals surface area contributed by atoms with E-state index >= 15 is 0 Å². The zero-order valence-electron chi connectivity index (χ0n) is 13.1. The van der Waals surface area contributed by atoms with E-state index in [0.29, 0.717) is 0 Å². The molecule has 23 heavy (non-hydrogen) atoms. The summed E-state index contributed by atoms with van der Waals surface area (Å²) < 4.78 is -0.444. The third kappa shape index (κ3) is 5.34. The number of rotatable bonds is 3. The summed E-state index contributed by atoms with van der Waals surface area (Å²) in [6.45, 7) is 3.48. The number of hydrogen-bond donors (Lipinski definition) is 1. The molecule has 0 amide bonds. The van der Waals surface area contributed by atoms with Crippen LogP contribution >= 0.6 is 24.0 Å². The zero-order valence-corrected chi connectivity index (χ0v) is 14.9. The van der Waals surface area contributed by atoms with E-state index in [1.54, 1.807) is 25.2 Å². The van der Waals surface area contributed by atoms with E-state index in [0.717, 1.165) is 12.0 Å². The monoisotopic (exact) mass is 341 g/mol. The van der Waals surface area contributed by atoms with Crippen LogP contribution in [0.3, 0.4) is 0 Å². The number of aromatic nitrogens is 1. The summed E-state index contributed by atoms with van der Waals surface area (Å²) in [6.07, 6.45) is 0.802. The molecule has 2 aromatic carbocycles. The molecule has 0 aliphatic carbocycles. The van der Waals surface area contributed by atoms with Gasteiger partial charge in [-0.2, -0.15) is 12.6 Å². The molecule has 0 saturated heterocycles. The minimum Gasteiger partial charge on any atom is -0.302 e. The second-order valence-electron chi connectivity index (χ2n) is 5.53. The number of nitrogens with zero attached hydrogens (tertiary/aromatic N) is 1. The molecule has 118 valence electrons. The lowest BCUT2D eigenvalue weighted by Crippen LogP contribution is -2.10. The van der Waals surface area contributed by atoms with Gasteiger partial charge in [-0.05, 0) is 19.4 Å². The SMILES string of the molecule is CC(C)(S)C=O.c1ccc(-c2ncsc2-c2ccccc2)cc1. The second kappa shape index (κ2) is 8.09. The Morgan fingerprint density at radius 3 is 1.91 bits per heavy atom. The molecule has 1 heterocycles. The third-order valence-electron chi connectivity index (χ3n) is 2.94. The molecule has 4 heteroatoms. The first-order valence-electron chi connectivity index (χ1n) is 7.24. The van der Waals surface area contributed by atoms with Gasteiger partial charge in [-0.3, -0.25) is 0 Å². The molecule has 3 rings (SSSR count). The largest absolute Gasteiger partial charge is 0.302 e. The van der Waals surface area contributed by atoms with Gasteiger partial charge in [-0.25, -0.2) is 4.98 Å². The molecule has 1 aromatic heterocycles. The Bertz CT molecular complexity index is 677. The maximum absolute atomic E-state index is 9.75. The minimum atomic E-state index is -0.444. The maximum atomic E-state index is 9.75. The van der Waals surface area contributed by atoms with Crippen LogP contribution in [0.5, 0.6) is 0 Å². The van der Waals surface area contributed by atoms with Crippen LogP contribution in [0.2, 0.25) is 0 Å². The number of hydrogen-bond acceptors (Lipinski definition) is 4. The van der Waals surface area contributed by atoms with Gasteiger partial charge in [0.05, 0.1) is 20.8 Å². The lowest BCUT2D eigenvalue weighted by molar-refractivity contribution is -0.109. The summed E-state index contributed by atoms with van der Waals surface area (Å²) in [5.74, 6) is 0. The highest BCUT2D eigenvalue weighted by atomic mass is 32.1. The minimum absolute atomic E-state index is 0.444. The van der Waals surface area contributed by atoms with Crippen LogP contribution in [0.4, 0.5) is 0 Å². The topological polar surface area (TPSA) is 30.0 Å². The van der Waals surface area contributed by atoms with Crippen molar-refractivity contribution in [1.82, 2.24) is 4.98 Å². The van der Waals surface area contributed by atoms with E-state index in [-0.39, 0.29) is 0 Å². The summed E-state index contributed by atoms with van der Waals surface area (Å²) in [5.41, 5.74) is 5.38. The highest BCUT2D eigenvalue weighted by molar-refractivity contribution is 7.82. The first-order valence-corrected chi connectivity index (χ1v) is 8.57. The molecule has 0 fully saturated rings. The third-order valence-corrected chi connectivity index (χ3v) is 3.92. The average molecular weight is 342 g/mol. The Morgan fingerprint density at radius 2 is 1.43 bits per heavy atom. The molecule has 0 N–H and O–H groups in total. The van der Waals surface area contributed by atoms with Crippen LogP contribution in [0.15, 0.2) is 66.2 Å². The molecule has 0 atom stereocenters. The number of carbonyl (C=O) groups excluding carboxylic acids is 1. The van der Waals surface area contributed by atoms with Gasteiger partial charge in [0.1, 0.15) is 6.29 Å². The second-order valence-corrected chi connectivity index (χ2v) is 7.54. The van der Waals surface area contributed by atoms with E-state index in [2.05, 4.69) is 54.0 Å². The van der Waals surface area contributed by atoms with Crippen molar-refractivity contribution in [3.05, 3.63) is 66.2 Å². The van der Waals surface area contributed by atoms with Gasteiger partial charge in [0.2, 0.25) is 0 Å². The Hall–Kier alpha value is -1.91. The molecule has 3 aromatic rings. The fourth-order valence-corrected chi connectivity index (χ4v) is 2.66. The highest BCUT2D eigenvalue weighted by Crippen LogP contribution is 2.34. The fraction of sp³-hybridized carbons (Fsp3) is 0.158. The van der Waals surface area contributed by atoms with Crippen molar-refractivity contribution < 1.29 is 4.79 Å². The van der Waals surface area contributed by atoms with Gasteiger partial charge < -0.3 is 4.79 Å². The quantitative estimate of drug-likeness (QED) is 0.512. The predicted octanol–water partition coefficient (Wildman–Crippen LogP) is 5.37. The molecule has 0 unspecified atom stereocenters. The molecule has 0 aliphatic rings. The number of benzene rings is 2. The highest BCUT2D eigenvalue weighted by Gasteiger charge is 2.09. The van der Waals surface area contributed by atoms with Crippen molar-refractivity contribution in [3.8, 4) is 21.7 Å². The van der Waals surface area contributed by atoms with Gasteiger partial charge in [-0.15, -0.1) is 11.3 Å². The molecular weight excluding hydrogens is 322 g/mol. The first-order chi connectivity index (χ1) is 11.0. The van der Waals surface area contributed by atoms with Crippen LogP contribution in [0.25, 0.3) is 21.7 Å². The summed E-state index contributed by atoms with van der Waals surface area (Å²) in [4.78, 5) is 15.5.